The molecular weight excluding hydrogens is 354 g/mol. The van der Waals surface area contributed by atoms with Gasteiger partial charge in [-0.2, -0.15) is 0 Å². The smallest absolute Gasteiger partial charge is 0.175 e. The van der Waals surface area contributed by atoms with Gasteiger partial charge in [0.1, 0.15) is 0 Å². The molecule has 0 bridgehead atoms. The molecule has 1 heterocycles. The number of benzene rings is 1. The third-order valence-electron chi connectivity index (χ3n) is 3.49. The lowest BCUT2D eigenvalue weighted by Gasteiger charge is -2.13. The minimum Gasteiger partial charge on any atom is -0.490 e. The Labute approximate surface area is 137 Å². The highest BCUT2D eigenvalue weighted by Gasteiger charge is 2.15. The zero-order chi connectivity index (χ0) is 15.2. The summed E-state index contributed by atoms with van der Waals surface area (Å²) >= 11 is 3.55. The van der Waals surface area contributed by atoms with E-state index in [1.54, 1.807) is 6.26 Å². The topological polar surface area (TPSA) is 47.6 Å². The van der Waals surface area contributed by atoms with Crippen LogP contribution in [0, 0.1) is 0 Å². The Morgan fingerprint density at radius 1 is 1.38 bits per heavy atom. The monoisotopic (exact) mass is 375 g/mol. The minimum atomic E-state index is -0.750. The van der Waals surface area contributed by atoms with Crippen LogP contribution < -0.4 is 14.8 Å². The highest BCUT2D eigenvalue weighted by molar-refractivity contribution is 9.10. The molecule has 0 aromatic heterocycles. The molecule has 1 N–H and O–H groups in total. The molecule has 0 amide bonds. The van der Waals surface area contributed by atoms with Gasteiger partial charge < -0.3 is 14.8 Å². The first-order valence-corrected chi connectivity index (χ1v) is 9.60. The van der Waals surface area contributed by atoms with E-state index in [0.717, 1.165) is 47.5 Å². The summed E-state index contributed by atoms with van der Waals surface area (Å²) < 4.78 is 23.6. The molecule has 2 unspecified atom stereocenters. The van der Waals surface area contributed by atoms with Crippen molar-refractivity contribution in [3.63, 3.8) is 0 Å². The quantitative estimate of drug-likeness (QED) is 0.776. The van der Waals surface area contributed by atoms with Crippen LogP contribution in [0.15, 0.2) is 16.6 Å². The third-order valence-corrected chi connectivity index (χ3v) is 5.44. The van der Waals surface area contributed by atoms with Crippen LogP contribution in [-0.4, -0.2) is 35.5 Å². The van der Waals surface area contributed by atoms with Crippen molar-refractivity contribution in [2.24, 2.45) is 0 Å². The third kappa shape index (κ3) is 4.97. The fourth-order valence-corrected chi connectivity index (χ4v) is 3.14. The van der Waals surface area contributed by atoms with Gasteiger partial charge >= 0.3 is 0 Å². The van der Waals surface area contributed by atoms with Gasteiger partial charge in [0.25, 0.3) is 0 Å². The van der Waals surface area contributed by atoms with Crippen molar-refractivity contribution < 1.29 is 13.7 Å². The molecule has 21 heavy (non-hydrogen) atoms. The molecule has 2 rings (SSSR count). The summed E-state index contributed by atoms with van der Waals surface area (Å²) in [5.74, 6) is 1.60. The van der Waals surface area contributed by atoms with E-state index in [-0.39, 0.29) is 5.25 Å². The number of hydrogen-bond acceptors (Lipinski definition) is 4. The van der Waals surface area contributed by atoms with Crippen molar-refractivity contribution in [2.45, 2.75) is 31.6 Å². The molecule has 1 aliphatic heterocycles. The van der Waals surface area contributed by atoms with Crippen LogP contribution in [0.1, 0.15) is 25.3 Å². The summed E-state index contributed by atoms with van der Waals surface area (Å²) in [6.07, 6.45) is 3.57. The van der Waals surface area contributed by atoms with Crippen molar-refractivity contribution in [3.8, 4) is 11.5 Å². The van der Waals surface area contributed by atoms with Crippen LogP contribution in [0.2, 0.25) is 0 Å². The maximum Gasteiger partial charge on any atom is 0.175 e. The van der Waals surface area contributed by atoms with E-state index in [1.165, 1.54) is 0 Å². The first-order valence-electron chi connectivity index (χ1n) is 7.19. The van der Waals surface area contributed by atoms with Gasteiger partial charge in [-0.25, -0.2) is 0 Å². The zero-order valence-electron chi connectivity index (χ0n) is 12.5. The van der Waals surface area contributed by atoms with Gasteiger partial charge in [0, 0.05) is 35.3 Å². The average molecular weight is 376 g/mol. The van der Waals surface area contributed by atoms with Gasteiger partial charge in [-0.1, -0.05) is 6.92 Å². The molecule has 1 aromatic carbocycles. The van der Waals surface area contributed by atoms with Crippen molar-refractivity contribution in [1.29, 1.82) is 0 Å². The second-order valence-corrected chi connectivity index (χ2v) is 7.89. The molecule has 0 spiro atoms. The summed E-state index contributed by atoms with van der Waals surface area (Å²) in [6.45, 7) is 5.01. The lowest BCUT2D eigenvalue weighted by atomic mass is 10.2. The van der Waals surface area contributed by atoms with E-state index in [0.29, 0.717) is 13.2 Å². The molecule has 0 saturated carbocycles. The van der Waals surface area contributed by atoms with Gasteiger partial charge in [0.15, 0.2) is 11.5 Å². The van der Waals surface area contributed by atoms with Crippen LogP contribution in [-0.2, 0) is 17.3 Å². The van der Waals surface area contributed by atoms with Crippen LogP contribution in [0.5, 0.6) is 11.5 Å². The molecule has 1 aromatic rings. The van der Waals surface area contributed by atoms with Crippen LogP contribution >= 0.6 is 15.9 Å². The summed E-state index contributed by atoms with van der Waals surface area (Å²) in [7, 11) is -0.750. The molecule has 0 saturated heterocycles. The number of hydrogen-bond donors (Lipinski definition) is 1. The normalized spacial score (nSPS) is 17.1. The van der Waals surface area contributed by atoms with E-state index in [1.807, 2.05) is 13.0 Å². The second kappa shape index (κ2) is 8.15. The second-order valence-electron chi connectivity index (χ2n) is 5.23. The Morgan fingerprint density at radius 2 is 2.14 bits per heavy atom. The SMILES string of the molecule is CC(CCNCc1cc(Br)c2c(c1)OCCCO2)S(C)=O. The summed E-state index contributed by atoms with van der Waals surface area (Å²) in [5, 5.41) is 3.62. The van der Waals surface area contributed by atoms with Gasteiger partial charge in [-0.15, -0.1) is 0 Å². The standard InChI is InChI=1S/C15H22BrNO3S/c1-11(21(2)18)4-5-17-10-12-8-13(16)15-14(9-12)19-6-3-7-20-15/h8-9,11,17H,3-7,10H2,1-2H3. The van der Waals surface area contributed by atoms with Crippen LogP contribution in [0.25, 0.3) is 0 Å². The first-order chi connectivity index (χ1) is 10.1. The fraction of sp³-hybridized carbons (Fsp3) is 0.600. The molecule has 1 aliphatic rings. The highest BCUT2D eigenvalue weighted by atomic mass is 79.9. The molecule has 118 valence electrons. The minimum absolute atomic E-state index is 0.230. The Kier molecular flexibility index (Phi) is 6.51. The van der Waals surface area contributed by atoms with Crippen molar-refractivity contribution >= 4 is 26.7 Å². The molecule has 4 nitrogen and oxygen atoms in total. The molecule has 2 atom stereocenters. The van der Waals surface area contributed by atoms with E-state index >= 15 is 0 Å². The van der Waals surface area contributed by atoms with Gasteiger partial charge in [0.05, 0.1) is 17.7 Å². The Morgan fingerprint density at radius 3 is 2.90 bits per heavy atom. The lowest BCUT2D eigenvalue weighted by molar-refractivity contribution is 0.296. The molecule has 0 radical (unpaired) electrons. The van der Waals surface area contributed by atoms with E-state index in [2.05, 4.69) is 27.3 Å². The average Bonchev–Trinajstić information content (AvgIpc) is 2.69. The number of nitrogens with one attached hydrogen (secondary N) is 1. The molecule has 0 fully saturated rings. The Balaban J connectivity index is 1.91. The van der Waals surface area contributed by atoms with E-state index in [4.69, 9.17) is 9.47 Å². The lowest BCUT2D eigenvalue weighted by Crippen LogP contribution is -2.21. The number of rotatable bonds is 6. The van der Waals surface area contributed by atoms with Gasteiger partial charge in [-0.05, 0) is 46.6 Å². The van der Waals surface area contributed by atoms with Crippen molar-refractivity contribution in [1.82, 2.24) is 5.32 Å². The van der Waals surface area contributed by atoms with E-state index < -0.39 is 10.8 Å². The fourth-order valence-electron chi connectivity index (χ4n) is 2.09. The van der Waals surface area contributed by atoms with Gasteiger partial charge in [0.2, 0.25) is 0 Å². The Hall–Kier alpha value is -0.590. The predicted octanol–water partition coefficient (Wildman–Crippen LogP) is 2.86. The summed E-state index contributed by atoms with van der Waals surface area (Å²) in [5.41, 5.74) is 1.15. The first kappa shape index (κ1) is 16.8. The Bertz CT molecular complexity index is 510. The molecule has 0 aliphatic carbocycles. The van der Waals surface area contributed by atoms with E-state index in [9.17, 15) is 4.21 Å². The number of halogens is 1. The highest BCUT2D eigenvalue weighted by Crippen LogP contribution is 2.38. The number of ether oxygens (including phenoxy) is 2. The van der Waals surface area contributed by atoms with Crippen LogP contribution in [0.3, 0.4) is 0 Å². The summed E-state index contributed by atoms with van der Waals surface area (Å²) in [6, 6.07) is 4.09. The maximum absolute atomic E-state index is 11.3. The van der Waals surface area contributed by atoms with Gasteiger partial charge in [-0.3, -0.25) is 4.21 Å². The summed E-state index contributed by atoms with van der Waals surface area (Å²) in [4.78, 5) is 0. The molecular formula is C15H22BrNO3S. The zero-order valence-corrected chi connectivity index (χ0v) is 14.9. The van der Waals surface area contributed by atoms with Crippen molar-refractivity contribution in [2.75, 3.05) is 26.0 Å². The van der Waals surface area contributed by atoms with Crippen LogP contribution in [0.4, 0.5) is 0 Å². The largest absolute Gasteiger partial charge is 0.490 e. The molecule has 6 heteroatoms. The number of fused-ring (bicyclic) bond motifs is 1. The maximum atomic E-state index is 11.3. The predicted molar refractivity (Wildman–Crippen MR) is 89.6 cm³/mol. The van der Waals surface area contributed by atoms with Crippen molar-refractivity contribution in [3.05, 3.63) is 22.2 Å².